The van der Waals surface area contributed by atoms with Crippen molar-refractivity contribution in [1.29, 1.82) is 0 Å². The summed E-state index contributed by atoms with van der Waals surface area (Å²) in [5.74, 6) is 0.134. The Morgan fingerprint density at radius 1 is 1.36 bits per heavy atom. The van der Waals surface area contributed by atoms with Crippen LogP contribution in [0.5, 0.6) is 5.75 Å². The second-order valence-corrected chi connectivity index (χ2v) is 6.02. The number of carbonyl (C=O) groups is 2. The topological polar surface area (TPSA) is 85.7 Å². The minimum Gasteiger partial charge on any atom is -0.497 e. The van der Waals surface area contributed by atoms with Gasteiger partial charge in [0.05, 0.1) is 37.2 Å². The number of methoxy groups -OCH3 is 1. The van der Waals surface area contributed by atoms with Crippen molar-refractivity contribution in [3.05, 3.63) is 41.5 Å². The van der Waals surface area contributed by atoms with E-state index in [4.69, 9.17) is 9.57 Å². The molecule has 0 bridgehead atoms. The number of fused-ring (bicyclic) bond motifs is 5. The molecule has 0 saturated carbocycles. The number of rotatable bonds is 3. The van der Waals surface area contributed by atoms with E-state index in [9.17, 15) is 9.59 Å². The van der Waals surface area contributed by atoms with E-state index in [2.05, 4.69) is 10.5 Å². The van der Waals surface area contributed by atoms with Crippen molar-refractivity contribution in [1.82, 2.24) is 19.9 Å². The average molecular weight is 342 g/mol. The summed E-state index contributed by atoms with van der Waals surface area (Å²) < 4.78 is 7.09. The van der Waals surface area contributed by atoms with Crippen LogP contribution in [0.25, 0.3) is 5.69 Å². The van der Waals surface area contributed by atoms with Gasteiger partial charge in [-0.05, 0) is 31.0 Å². The van der Waals surface area contributed by atoms with Gasteiger partial charge in [0.25, 0.3) is 11.8 Å². The Bertz CT molecular complexity index is 860. The van der Waals surface area contributed by atoms with E-state index in [0.717, 1.165) is 12.8 Å². The van der Waals surface area contributed by atoms with Gasteiger partial charge in [-0.1, -0.05) is 0 Å². The maximum absolute atomic E-state index is 13.1. The Labute approximate surface area is 144 Å². The third-order valence-corrected chi connectivity index (χ3v) is 4.74. The molecule has 25 heavy (non-hydrogen) atoms. The lowest BCUT2D eigenvalue weighted by molar-refractivity contribution is 0.0527. The maximum atomic E-state index is 13.1. The molecule has 1 saturated heterocycles. The standard InChI is InChI=1S/C17H18N4O4/c1-24-10-5-6-12-11(8-10)17(23)20-7-3-4-13(20)15-14(16(22)19-25-2)18-9-21(12)15/h5-6,8-9,13H,3-4,7H2,1-2H3,(H,19,22)/t13-/m0/s1. The van der Waals surface area contributed by atoms with Crippen LogP contribution in [0, 0.1) is 0 Å². The first kappa shape index (κ1) is 15.6. The summed E-state index contributed by atoms with van der Waals surface area (Å²) in [6, 6.07) is 5.15. The SMILES string of the molecule is CONC(=O)c1ncn2c1[C@@H]1CCCN1C(=O)c1cc(OC)ccc1-2. The molecule has 3 heterocycles. The molecule has 2 aromatic rings. The average Bonchev–Trinajstić information content (AvgIpc) is 3.25. The van der Waals surface area contributed by atoms with E-state index in [1.54, 1.807) is 25.6 Å². The molecule has 130 valence electrons. The summed E-state index contributed by atoms with van der Waals surface area (Å²) in [6.45, 7) is 0.649. The first-order valence-corrected chi connectivity index (χ1v) is 8.05. The highest BCUT2D eigenvalue weighted by molar-refractivity contribution is 6.00. The molecule has 1 fully saturated rings. The Balaban J connectivity index is 1.95. The van der Waals surface area contributed by atoms with E-state index >= 15 is 0 Å². The number of benzene rings is 1. The van der Waals surface area contributed by atoms with Crippen LogP contribution >= 0.6 is 0 Å². The second kappa shape index (κ2) is 5.89. The Morgan fingerprint density at radius 3 is 2.96 bits per heavy atom. The summed E-state index contributed by atoms with van der Waals surface area (Å²) in [5.41, 5.74) is 4.54. The van der Waals surface area contributed by atoms with Gasteiger partial charge in [0.2, 0.25) is 0 Å². The Kier molecular flexibility index (Phi) is 3.69. The molecule has 8 heteroatoms. The number of ether oxygens (including phenoxy) is 1. The zero-order valence-corrected chi connectivity index (χ0v) is 14.0. The van der Waals surface area contributed by atoms with Crippen LogP contribution in [-0.2, 0) is 4.84 Å². The number of hydrogen-bond donors (Lipinski definition) is 1. The minimum atomic E-state index is -0.424. The van der Waals surface area contributed by atoms with Gasteiger partial charge in [0.1, 0.15) is 12.1 Å². The number of hydrogen-bond acceptors (Lipinski definition) is 5. The molecule has 1 N–H and O–H groups in total. The van der Waals surface area contributed by atoms with Crippen molar-refractivity contribution in [3.63, 3.8) is 0 Å². The number of carbonyl (C=O) groups excluding carboxylic acids is 2. The predicted octanol–water partition coefficient (Wildman–Crippen LogP) is 1.46. The molecule has 1 atom stereocenters. The molecular weight excluding hydrogens is 324 g/mol. The van der Waals surface area contributed by atoms with E-state index in [-0.39, 0.29) is 17.6 Å². The number of imidazole rings is 1. The van der Waals surface area contributed by atoms with Crippen molar-refractivity contribution in [2.24, 2.45) is 0 Å². The molecule has 0 unspecified atom stereocenters. The van der Waals surface area contributed by atoms with Crippen LogP contribution < -0.4 is 10.2 Å². The molecule has 4 rings (SSSR count). The van der Waals surface area contributed by atoms with Crippen LogP contribution in [0.15, 0.2) is 24.5 Å². The van der Waals surface area contributed by atoms with Crippen molar-refractivity contribution in [2.75, 3.05) is 20.8 Å². The number of amides is 2. The van der Waals surface area contributed by atoms with Crippen LogP contribution in [0.4, 0.5) is 0 Å². The second-order valence-electron chi connectivity index (χ2n) is 6.02. The smallest absolute Gasteiger partial charge is 0.295 e. The van der Waals surface area contributed by atoms with Gasteiger partial charge in [-0.15, -0.1) is 0 Å². The lowest BCUT2D eigenvalue weighted by Gasteiger charge is -2.22. The summed E-state index contributed by atoms with van der Waals surface area (Å²) in [6.07, 6.45) is 3.25. The summed E-state index contributed by atoms with van der Waals surface area (Å²) >= 11 is 0. The quantitative estimate of drug-likeness (QED) is 0.854. The van der Waals surface area contributed by atoms with Crippen molar-refractivity contribution in [2.45, 2.75) is 18.9 Å². The Morgan fingerprint density at radius 2 is 2.20 bits per heavy atom. The maximum Gasteiger partial charge on any atom is 0.295 e. The fourth-order valence-electron chi connectivity index (χ4n) is 3.66. The third kappa shape index (κ3) is 2.29. The lowest BCUT2D eigenvalue weighted by Crippen LogP contribution is -2.31. The molecule has 0 spiro atoms. The zero-order valence-electron chi connectivity index (χ0n) is 14.0. The van der Waals surface area contributed by atoms with Gasteiger partial charge in [0.15, 0.2) is 5.69 Å². The van der Waals surface area contributed by atoms with Crippen LogP contribution in [-0.4, -0.2) is 47.0 Å². The van der Waals surface area contributed by atoms with E-state index in [1.807, 2.05) is 15.5 Å². The number of nitrogens with one attached hydrogen (secondary N) is 1. The summed E-state index contributed by atoms with van der Waals surface area (Å²) in [7, 11) is 2.94. The van der Waals surface area contributed by atoms with E-state index in [0.29, 0.717) is 29.2 Å². The molecule has 1 aromatic heterocycles. The van der Waals surface area contributed by atoms with Crippen molar-refractivity contribution in [3.8, 4) is 11.4 Å². The largest absolute Gasteiger partial charge is 0.497 e. The molecule has 1 aromatic carbocycles. The third-order valence-electron chi connectivity index (χ3n) is 4.74. The molecule has 2 aliphatic heterocycles. The normalized spacial score (nSPS) is 18.2. The van der Waals surface area contributed by atoms with Crippen molar-refractivity contribution < 1.29 is 19.2 Å². The molecule has 8 nitrogen and oxygen atoms in total. The molecule has 0 aliphatic carbocycles. The van der Waals surface area contributed by atoms with Crippen LogP contribution in [0.2, 0.25) is 0 Å². The van der Waals surface area contributed by atoms with Crippen molar-refractivity contribution >= 4 is 11.8 Å². The molecule has 2 aliphatic rings. The first-order valence-electron chi connectivity index (χ1n) is 8.05. The number of aromatic nitrogens is 2. The lowest BCUT2D eigenvalue weighted by atomic mass is 10.1. The monoisotopic (exact) mass is 342 g/mol. The van der Waals surface area contributed by atoms with E-state index < -0.39 is 5.91 Å². The fourth-order valence-corrected chi connectivity index (χ4v) is 3.66. The van der Waals surface area contributed by atoms with Crippen LogP contribution in [0.3, 0.4) is 0 Å². The van der Waals surface area contributed by atoms with Gasteiger partial charge in [-0.25, -0.2) is 10.5 Å². The summed E-state index contributed by atoms with van der Waals surface area (Å²) in [4.78, 5) is 36.2. The van der Waals surface area contributed by atoms with Gasteiger partial charge >= 0.3 is 0 Å². The number of hydroxylamine groups is 1. The molecule has 2 amide bonds. The number of nitrogens with zero attached hydrogens (tertiary/aromatic N) is 3. The molecule has 0 radical (unpaired) electrons. The van der Waals surface area contributed by atoms with Gasteiger partial charge in [-0.3, -0.25) is 19.0 Å². The highest BCUT2D eigenvalue weighted by Gasteiger charge is 2.40. The first-order chi connectivity index (χ1) is 12.2. The van der Waals surface area contributed by atoms with Gasteiger partial charge in [0, 0.05) is 6.54 Å². The predicted molar refractivity (Wildman–Crippen MR) is 87.6 cm³/mol. The minimum absolute atomic E-state index is 0.0572. The van der Waals surface area contributed by atoms with E-state index in [1.165, 1.54) is 7.11 Å². The fraction of sp³-hybridized carbons (Fsp3) is 0.353. The van der Waals surface area contributed by atoms with Crippen LogP contribution in [0.1, 0.15) is 45.4 Å². The molecular formula is C17H18N4O4. The van der Waals surface area contributed by atoms with Gasteiger partial charge in [-0.2, -0.15) is 0 Å². The highest BCUT2D eigenvalue weighted by atomic mass is 16.6. The summed E-state index contributed by atoms with van der Waals surface area (Å²) in [5, 5.41) is 0. The highest BCUT2D eigenvalue weighted by Crippen LogP contribution is 2.40. The zero-order chi connectivity index (χ0) is 17.6. The Hall–Kier alpha value is -2.87. The van der Waals surface area contributed by atoms with Gasteiger partial charge < -0.3 is 9.64 Å².